The molecule has 1 saturated carbocycles. The summed E-state index contributed by atoms with van der Waals surface area (Å²) in [5.74, 6) is -3.00. The summed E-state index contributed by atoms with van der Waals surface area (Å²) in [6.45, 7) is 1.76. The third kappa shape index (κ3) is 4.67. The highest BCUT2D eigenvalue weighted by molar-refractivity contribution is 5.79. The van der Waals surface area contributed by atoms with Crippen LogP contribution in [0.1, 0.15) is 45.4 Å². The van der Waals surface area contributed by atoms with Crippen LogP contribution in [0.4, 0.5) is 13.2 Å². The normalized spacial score (nSPS) is 25.9. The molecule has 0 aromatic heterocycles. The van der Waals surface area contributed by atoms with Gasteiger partial charge in [0.05, 0.1) is 5.92 Å². The van der Waals surface area contributed by atoms with Gasteiger partial charge in [-0.15, -0.1) is 0 Å². The van der Waals surface area contributed by atoms with E-state index in [1.165, 1.54) is 0 Å². The van der Waals surface area contributed by atoms with Crippen LogP contribution in [-0.4, -0.2) is 29.8 Å². The van der Waals surface area contributed by atoms with Gasteiger partial charge in [-0.25, -0.2) is 0 Å². The minimum absolute atomic E-state index is 0.0401. The van der Waals surface area contributed by atoms with Crippen LogP contribution in [0, 0.1) is 11.8 Å². The summed E-state index contributed by atoms with van der Waals surface area (Å²) in [7, 11) is 0. The summed E-state index contributed by atoms with van der Waals surface area (Å²) in [5, 5.41) is 11.5. The van der Waals surface area contributed by atoms with Crippen molar-refractivity contribution in [3.05, 3.63) is 0 Å². The molecule has 0 radical (unpaired) electrons. The maximum absolute atomic E-state index is 12.9. The van der Waals surface area contributed by atoms with E-state index in [2.05, 4.69) is 5.32 Å². The Morgan fingerprint density at radius 2 is 2.00 bits per heavy atom. The van der Waals surface area contributed by atoms with E-state index in [4.69, 9.17) is 5.11 Å². The molecule has 0 aliphatic heterocycles. The van der Waals surface area contributed by atoms with Crippen LogP contribution in [-0.2, 0) is 4.79 Å². The molecule has 0 aromatic carbocycles. The van der Waals surface area contributed by atoms with Crippen LogP contribution in [0.5, 0.6) is 0 Å². The molecule has 0 spiro atoms. The number of hydrogen-bond acceptors (Lipinski definition) is 2. The molecule has 0 aromatic rings. The van der Waals surface area contributed by atoms with Crippen molar-refractivity contribution in [1.82, 2.24) is 5.32 Å². The van der Waals surface area contributed by atoms with E-state index in [9.17, 15) is 18.0 Å². The fourth-order valence-corrected chi connectivity index (χ4v) is 2.68. The third-order valence-electron chi connectivity index (χ3n) is 3.84. The number of aliphatic hydroxyl groups excluding tert-OH is 1. The molecule has 1 fully saturated rings. The van der Waals surface area contributed by atoms with Gasteiger partial charge >= 0.3 is 6.18 Å². The molecule has 2 N–H and O–H groups in total. The van der Waals surface area contributed by atoms with Gasteiger partial charge in [0.1, 0.15) is 0 Å². The Balaban J connectivity index is 2.66. The average molecular weight is 281 g/mol. The molecule has 1 aliphatic rings. The number of nitrogens with one attached hydrogen (secondary N) is 1. The van der Waals surface area contributed by atoms with Crippen molar-refractivity contribution in [3.8, 4) is 0 Å². The number of carbonyl (C=O) groups is 1. The van der Waals surface area contributed by atoms with Crippen molar-refractivity contribution in [2.45, 2.75) is 57.7 Å². The summed E-state index contributed by atoms with van der Waals surface area (Å²) < 4.78 is 38.7. The molecule has 6 heteroatoms. The lowest BCUT2D eigenvalue weighted by Crippen LogP contribution is -2.45. The molecular formula is C13H22F3NO2. The van der Waals surface area contributed by atoms with E-state index in [-0.39, 0.29) is 19.1 Å². The molecule has 112 valence electrons. The predicted molar refractivity (Wildman–Crippen MR) is 65.4 cm³/mol. The number of carbonyl (C=O) groups excluding carboxylic acids is 1. The molecule has 0 heterocycles. The van der Waals surface area contributed by atoms with Crippen molar-refractivity contribution >= 4 is 5.91 Å². The number of aliphatic hydroxyl groups is 1. The van der Waals surface area contributed by atoms with Crippen LogP contribution < -0.4 is 5.32 Å². The van der Waals surface area contributed by atoms with Crippen molar-refractivity contribution in [1.29, 1.82) is 0 Å². The number of alkyl halides is 3. The van der Waals surface area contributed by atoms with Crippen molar-refractivity contribution in [2.24, 2.45) is 11.8 Å². The maximum Gasteiger partial charge on any atom is 0.392 e. The topological polar surface area (TPSA) is 49.3 Å². The maximum atomic E-state index is 12.9. The van der Waals surface area contributed by atoms with Gasteiger partial charge in [0.15, 0.2) is 0 Å². The van der Waals surface area contributed by atoms with Gasteiger partial charge in [-0.3, -0.25) is 4.79 Å². The minimum atomic E-state index is -4.30. The summed E-state index contributed by atoms with van der Waals surface area (Å²) in [6, 6.07) is -0.242. The molecule has 1 aliphatic carbocycles. The zero-order valence-electron chi connectivity index (χ0n) is 11.2. The average Bonchev–Trinajstić information content (AvgIpc) is 2.37. The fourth-order valence-electron chi connectivity index (χ4n) is 2.68. The van der Waals surface area contributed by atoms with Crippen LogP contribution in [0.15, 0.2) is 0 Å². The Morgan fingerprint density at radius 3 is 2.53 bits per heavy atom. The van der Waals surface area contributed by atoms with Gasteiger partial charge < -0.3 is 10.4 Å². The molecule has 19 heavy (non-hydrogen) atoms. The Morgan fingerprint density at radius 1 is 1.37 bits per heavy atom. The summed E-state index contributed by atoms with van der Waals surface area (Å²) in [6.07, 6.45) is -1.78. The number of amides is 1. The number of rotatable bonds is 5. The molecule has 0 bridgehead atoms. The first-order valence-electron chi connectivity index (χ1n) is 6.88. The highest BCUT2D eigenvalue weighted by Gasteiger charge is 2.48. The largest absolute Gasteiger partial charge is 0.396 e. The van der Waals surface area contributed by atoms with Gasteiger partial charge in [-0.05, 0) is 25.7 Å². The van der Waals surface area contributed by atoms with Crippen LogP contribution in [0.2, 0.25) is 0 Å². The lowest BCUT2D eigenvalue weighted by molar-refractivity contribution is -0.198. The van der Waals surface area contributed by atoms with Crippen molar-refractivity contribution in [2.75, 3.05) is 6.61 Å². The molecule has 1 amide bonds. The second-order valence-electron chi connectivity index (χ2n) is 5.17. The summed E-state index contributed by atoms with van der Waals surface area (Å²) in [5.41, 5.74) is 0. The second kappa shape index (κ2) is 7.12. The standard InChI is InChI=1S/C13H22F3NO2/c1-2-9(7-8-18)17-12(19)10-5-3-4-6-11(10)13(14,15)16/h9-11,18H,2-8H2,1H3,(H,17,19). The van der Waals surface area contributed by atoms with Crippen molar-refractivity contribution in [3.63, 3.8) is 0 Å². The molecule has 3 nitrogen and oxygen atoms in total. The zero-order chi connectivity index (χ0) is 14.5. The summed E-state index contributed by atoms with van der Waals surface area (Å²) >= 11 is 0. The summed E-state index contributed by atoms with van der Waals surface area (Å²) in [4.78, 5) is 12.0. The van der Waals surface area contributed by atoms with Gasteiger partial charge in [0.2, 0.25) is 5.91 Å². The monoisotopic (exact) mass is 281 g/mol. The van der Waals surface area contributed by atoms with Crippen LogP contribution >= 0.6 is 0 Å². The molecule has 3 atom stereocenters. The second-order valence-corrected chi connectivity index (χ2v) is 5.17. The highest BCUT2D eigenvalue weighted by Crippen LogP contribution is 2.41. The fraction of sp³-hybridized carbons (Fsp3) is 0.923. The smallest absolute Gasteiger partial charge is 0.392 e. The van der Waals surface area contributed by atoms with Crippen molar-refractivity contribution < 1.29 is 23.1 Å². The lowest BCUT2D eigenvalue weighted by Gasteiger charge is -2.33. The first-order chi connectivity index (χ1) is 8.90. The predicted octanol–water partition coefficient (Wildman–Crippen LogP) is 2.63. The van der Waals surface area contributed by atoms with E-state index >= 15 is 0 Å². The Kier molecular flexibility index (Phi) is 6.10. The Bertz CT molecular complexity index is 294. The van der Waals surface area contributed by atoms with E-state index < -0.39 is 23.9 Å². The molecule has 1 rings (SSSR count). The van der Waals surface area contributed by atoms with E-state index in [1.54, 1.807) is 0 Å². The van der Waals surface area contributed by atoms with Gasteiger partial charge in [0.25, 0.3) is 0 Å². The molecular weight excluding hydrogens is 259 g/mol. The SMILES string of the molecule is CCC(CCO)NC(=O)C1CCCCC1C(F)(F)F. The van der Waals surface area contributed by atoms with Gasteiger partial charge in [0, 0.05) is 18.6 Å². The van der Waals surface area contributed by atoms with E-state index in [1.807, 2.05) is 6.92 Å². The first-order valence-corrected chi connectivity index (χ1v) is 6.88. The van der Waals surface area contributed by atoms with E-state index in [0.29, 0.717) is 32.1 Å². The zero-order valence-corrected chi connectivity index (χ0v) is 11.2. The quantitative estimate of drug-likeness (QED) is 0.814. The van der Waals surface area contributed by atoms with Crippen LogP contribution in [0.25, 0.3) is 0 Å². The van der Waals surface area contributed by atoms with Gasteiger partial charge in [-0.2, -0.15) is 13.2 Å². The van der Waals surface area contributed by atoms with Gasteiger partial charge in [-0.1, -0.05) is 19.8 Å². The van der Waals surface area contributed by atoms with E-state index in [0.717, 1.165) is 0 Å². The van der Waals surface area contributed by atoms with Crippen LogP contribution in [0.3, 0.4) is 0 Å². The number of halogens is 3. The lowest BCUT2D eigenvalue weighted by atomic mass is 9.78. The Hall–Kier alpha value is -0.780. The highest BCUT2D eigenvalue weighted by atomic mass is 19.4. The first kappa shape index (κ1) is 16.3. The molecule has 3 unspecified atom stereocenters. The minimum Gasteiger partial charge on any atom is -0.396 e. The number of hydrogen-bond donors (Lipinski definition) is 2. The molecule has 0 saturated heterocycles. The Labute approximate surface area is 111 Å². The third-order valence-corrected chi connectivity index (χ3v) is 3.84.